The molecule has 1 atom stereocenters. The fraction of sp³-hybridized carbons (Fsp3) is 0.852. The van der Waals surface area contributed by atoms with E-state index in [1.165, 1.54) is 77.0 Å². The van der Waals surface area contributed by atoms with Gasteiger partial charge in [0.25, 0.3) is 0 Å². The lowest BCUT2D eigenvalue weighted by Gasteiger charge is -2.19. The van der Waals surface area contributed by atoms with E-state index in [2.05, 4.69) is 19.1 Å². The van der Waals surface area contributed by atoms with Crippen molar-refractivity contribution < 1.29 is 24.2 Å². The van der Waals surface area contributed by atoms with Gasteiger partial charge >= 0.3 is 5.97 Å². The third-order valence-corrected chi connectivity index (χ3v) is 5.37. The molecule has 5 nitrogen and oxygen atoms in total. The summed E-state index contributed by atoms with van der Waals surface area (Å²) >= 11 is 0. The first-order valence-electron chi connectivity index (χ1n) is 13.1. The van der Waals surface area contributed by atoms with Crippen LogP contribution in [-0.4, -0.2) is 42.3 Å². The van der Waals surface area contributed by atoms with Crippen LogP contribution in [0.15, 0.2) is 12.2 Å². The minimum Gasteiger partial charge on any atom is -0.481 e. The summed E-state index contributed by atoms with van der Waals surface area (Å²) in [5.74, 6) is -1.41. The minimum absolute atomic E-state index is 0.0216. The topological polar surface area (TPSA) is 72.8 Å². The molecule has 0 bridgehead atoms. The number of rotatable bonds is 24. The number of ketones is 1. The second kappa shape index (κ2) is 23.0. The van der Waals surface area contributed by atoms with Gasteiger partial charge in [0.15, 0.2) is 0 Å². The maximum atomic E-state index is 11.7. The standard InChI is InChI=1S/C27H50O5/c1-4-5-6-7-8-9-10-11-12-13-14-15-16-17-18-19-20-31-23-26(32-24(2)3)21-25(28)22-27(29)30/h11-12,24,26H,4-10,13-23H2,1-3H3,(H,29,30)/b12-11-. The summed E-state index contributed by atoms with van der Waals surface area (Å²) in [4.78, 5) is 22.4. The lowest BCUT2D eigenvalue weighted by molar-refractivity contribution is -0.141. The van der Waals surface area contributed by atoms with E-state index in [0.29, 0.717) is 13.2 Å². The third-order valence-electron chi connectivity index (χ3n) is 5.37. The van der Waals surface area contributed by atoms with E-state index in [1.807, 2.05) is 13.8 Å². The fourth-order valence-corrected chi connectivity index (χ4v) is 3.69. The summed E-state index contributed by atoms with van der Waals surface area (Å²) in [6, 6.07) is 0. The van der Waals surface area contributed by atoms with Gasteiger partial charge in [0.1, 0.15) is 12.2 Å². The molecule has 0 amide bonds. The highest BCUT2D eigenvalue weighted by Gasteiger charge is 2.18. The van der Waals surface area contributed by atoms with Gasteiger partial charge in [-0.05, 0) is 46.0 Å². The largest absolute Gasteiger partial charge is 0.481 e. The van der Waals surface area contributed by atoms with E-state index >= 15 is 0 Å². The Kier molecular flexibility index (Phi) is 22.1. The Bertz CT molecular complexity index is 473. The van der Waals surface area contributed by atoms with E-state index in [1.54, 1.807) is 0 Å². The molecule has 188 valence electrons. The van der Waals surface area contributed by atoms with Gasteiger partial charge < -0.3 is 14.6 Å². The normalized spacial score (nSPS) is 12.6. The van der Waals surface area contributed by atoms with Gasteiger partial charge in [-0.15, -0.1) is 0 Å². The van der Waals surface area contributed by atoms with Crippen molar-refractivity contribution in [2.45, 2.75) is 136 Å². The van der Waals surface area contributed by atoms with Crippen LogP contribution in [0.5, 0.6) is 0 Å². The predicted molar refractivity (Wildman–Crippen MR) is 132 cm³/mol. The summed E-state index contributed by atoms with van der Waals surface area (Å²) in [5, 5.41) is 8.72. The van der Waals surface area contributed by atoms with Crippen molar-refractivity contribution >= 4 is 11.8 Å². The van der Waals surface area contributed by atoms with E-state index in [0.717, 1.165) is 12.8 Å². The zero-order valence-corrected chi connectivity index (χ0v) is 21.1. The number of carbonyl (C=O) groups excluding carboxylic acids is 1. The third kappa shape index (κ3) is 23.5. The molecule has 0 heterocycles. The van der Waals surface area contributed by atoms with Gasteiger partial charge in [-0.3, -0.25) is 9.59 Å². The smallest absolute Gasteiger partial charge is 0.310 e. The SMILES string of the molecule is CCCCCCCC/C=C\CCCCCCCCOCC(CC(=O)CC(=O)O)OC(C)C. The molecule has 0 aromatic rings. The molecule has 32 heavy (non-hydrogen) atoms. The highest BCUT2D eigenvalue weighted by Crippen LogP contribution is 2.11. The zero-order valence-electron chi connectivity index (χ0n) is 21.1. The number of aliphatic carboxylic acids is 1. The second-order valence-corrected chi connectivity index (χ2v) is 9.13. The van der Waals surface area contributed by atoms with Crippen molar-refractivity contribution in [3.63, 3.8) is 0 Å². The first kappa shape index (κ1) is 30.8. The molecule has 0 spiro atoms. The number of ether oxygens (including phenoxy) is 2. The Morgan fingerprint density at radius 1 is 0.812 bits per heavy atom. The van der Waals surface area contributed by atoms with Crippen LogP contribution in [0.2, 0.25) is 0 Å². The molecule has 0 radical (unpaired) electrons. The number of Topliss-reactive ketones (excluding diaryl/α,β-unsaturated/α-hetero) is 1. The Morgan fingerprint density at radius 3 is 1.88 bits per heavy atom. The molecule has 1 unspecified atom stereocenters. The molecule has 0 aliphatic rings. The molecule has 1 N–H and O–H groups in total. The Balaban J connectivity index is 3.54. The average molecular weight is 455 g/mol. The molecule has 0 aliphatic heterocycles. The average Bonchev–Trinajstić information content (AvgIpc) is 2.71. The van der Waals surface area contributed by atoms with Gasteiger partial charge in [0, 0.05) is 13.0 Å². The Labute approximate surface area is 197 Å². The summed E-state index contributed by atoms with van der Waals surface area (Å²) in [6.45, 7) is 7.07. The number of carboxylic acid groups (broad SMARTS) is 1. The van der Waals surface area contributed by atoms with Gasteiger partial charge in [-0.1, -0.05) is 76.9 Å². The zero-order chi connectivity index (χ0) is 23.9. The molecule has 0 aromatic carbocycles. The fourth-order valence-electron chi connectivity index (χ4n) is 3.69. The molecule has 0 aliphatic carbocycles. The maximum Gasteiger partial charge on any atom is 0.310 e. The molecular weight excluding hydrogens is 404 g/mol. The van der Waals surface area contributed by atoms with E-state index in [-0.39, 0.29) is 24.4 Å². The summed E-state index contributed by atoms with van der Waals surface area (Å²) < 4.78 is 11.4. The number of hydrogen-bond acceptors (Lipinski definition) is 4. The highest BCUT2D eigenvalue weighted by atomic mass is 16.5. The summed E-state index contributed by atoms with van der Waals surface area (Å²) in [7, 11) is 0. The minimum atomic E-state index is -1.09. The van der Waals surface area contributed by atoms with Crippen molar-refractivity contribution in [3.05, 3.63) is 12.2 Å². The number of carbonyl (C=O) groups is 2. The molecule has 0 saturated heterocycles. The number of unbranched alkanes of at least 4 members (excludes halogenated alkanes) is 12. The van der Waals surface area contributed by atoms with Crippen molar-refractivity contribution in [3.8, 4) is 0 Å². The van der Waals surface area contributed by atoms with Crippen molar-refractivity contribution in [1.29, 1.82) is 0 Å². The van der Waals surface area contributed by atoms with Crippen LogP contribution in [0.4, 0.5) is 0 Å². The molecule has 0 rings (SSSR count). The first-order valence-corrected chi connectivity index (χ1v) is 13.1. The highest BCUT2D eigenvalue weighted by molar-refractivity contribution is 5.94. The van der Waals surface area contributed by atoms with Gasteiger partial charge in [0.2, 0.25) is 0 Å². The Morgan fingerprint density at radius 2 is 1.34 bits per heavy atom. The van der Waals surface area contributed by atoms with E-state index < -0.39 is 12.4 Å². The monoisotopic (exact) mass is 454 g/mol. The van der Waals surface area contributed by atoms with Crippen LogP contribution in [0.25, 0.3) is 0 Å². The summed E-state index contributed by atoms with van der Waals surface area (Å²) in [6.07, 6.45) is 21.9. The van der Waals surface area contributed by atoms with Crippen LogP contribution in [-0.2, 0) is 19.1 Å². The quantitative estimate of drug-likeness (QED) is 0.0943. The van der Waals surface area contributed by atoms with Crippen LogP contribution < -0.4 is 0 Å². The van der Waals surface area contributed by atoms with E-state index in [9.17, 15) is 9.59 Å². The number of hydrogen-bond donors (Lipinski definition) is 1. The molecule has 0 fully saturated rings. The summed E-state index contributed by atoms with van der Waals surface area (Å²) in [5.41, 5.74) is 0. The van der Waals surface area contributed by atoms with Crippen LogP contribution in [0.1, 0.15) is 124 Å². The molecule has 5 heteroatoms. The van der Waals surface area contributed by atoms with Crippen molar-refractivity contribution in [2.24, 2.45) is 0 Å². The molecule has 0 aromatic heterocycles. The lowest BCUT2D eigenvalue weighted by atomic mass is 10.1. The maximum absolute atomic E-state index is 11.7. The van der Waals surface area contributed by atoms with E-state index in [4.69, 9.17) is 14.6 Å². The van der Waals surface area contributed by atoms with Crippen molar-refractivity contribution in [2.75, 3.05) is 13.2 Å². The van der Waals surface area contributed by atoms with Crippen molar-refractivity contribution in [1.82, 2.24) is 0 Å². The number of allylic oxidation sites excluding steroid dienone is 2. The van der Waals surface area contributed by atoms with Crippen LogP contribution >= 0.6 is 0 Å². The lowest BCUT2D eigenvalue weighted by Crippen LogP contribution is -2.27. The van der Waals surface area contributed by atoms with Gasteiger partial charge in [0.05, 0.1) is 18.8 Å². The predicted octanol–water partition coefficient (Wildman–Crippen LogP) is 7.27. The van der Waals surface area contributed by atoms with Crippen LogP contribution in [0, 0.1) is 0 Å². The molecule has 0 saturated carbocycles. The van der Waals surface area contributed by atoms with Crippen LogP contribution in [0.3, 0.4) is 0 Å². The number of carboxylic acids is 1. The first-order chi connectivity index (χ1) is 15.5. The Hall–Kier alpha value is -1.20. The second-order valence-electron chi connectivity index (χ2n) is 9.13. The molecular formula is C27H50O5. The van der Waals surface area contributed by atoms with Gasteiger partial charge in [-0.2, -0.15) is 0 Å². The van der Waals surface area contributed by atoms with Gasteiger partial charge in [-0.25, -0.2) is 0 Å².